The summed E-state index contributed by atoms with van der Waals surface area (Å²) in [5.74, 6) is -0.145. The number of benzene rings is 3. The monoisotopic (exact) mass is 519 g/mol. The molecule has 1 saturated heterocycles. The van der Waals surface area contributed by atoms with E-state index in [9.17, 15) is 13.2 Å². The fourth-order valence-electron chi connectivity index (χ4n) is 4.82. The van der Waals surface area contributed by atoms with Crippen LogP contribution in [0.2, 0.25) is 0 Å². The van der Waals surface area contributed by atoms with Gasteiger partial charge in [-0.2, -0.15) is 0 Å². The number of sulfonamides is 1. The average Bonchev–Trinajstić information content (AvgIpc) is 2.88. The van der Waals surface area contributed by atoms with Crippen molar-refractivity contribution in [3.63, 3.8) is 0 Å². The lowest BCUT2D eigenvalue weighted by molar-refractivity contribution is 0.0950. The Labute approximate surface area is 221 Å². The number of carbonyl (C=O) groups is 1. The first-order chi connectivity index (χ1) is 17.7. The fraction of sp³-hybridized carbons (Fsp3) is 0.367. The van der Waals surface area contributed by atoms with Crippen LogP contribution in [0.1, 0.15) is 57.4 Å². The lowest BCUT2D eigenvalue weighted by Crippen LogP contribution is -2.30. The van der Waals surface area contributed by atoms with Crippen molar-refractivity contribution in [2.24, 2.45) is 0 Å². The van der Waals surface area contributed by atoms with Gasteiger partial charge >= 0.3 is 0 Å². The van der Waals surface area contributed by atoms with E-state index in [4.69, 9.17) is 0 Å². The van der Waals surface area contributed by atoms with Crippen LogP contribution in [-0.2, 0) is 29.7 Å². The Morgan fingerprint density at radius 2 is 1.59 bits per heavy atom. The van der Waals surface area contributed by atoms with Gasteiger partial charge in [-0.15, -0.1) is 0 Å². The Bertz CT molecular complexity index is 1330. The van der Waals surface area contributed by atoms with Crippen molar-refractivity contribution in [1.29, 1.82) is 0 Å². The van der Waals surface area contributed by atoms with Crippen LogP contribution in [0.5, 0.6) is 0 Å². The topological polar surface area (TPSA) is 69.7 Å². The second-order valence-corrected chi connectivity index (χ2v) is 12.0. The summed E-state index contributed by atoms with van der Waals surface area (Å²) in [4.78, 5) is 15.4. The molecule has 0 atom stereocenters. The first-order valence-electron chi connectivity index (χ1n) is 12.9. The van der Waals surface area contributed by atoms with Crippen molar-refractivity contribution in [2.75, 3.05) is 23.7 Å². The second-order valence-electron chi connectivity index (χ2n) is 10.0. The van der Waals surface area contributed by atoms with Gasteiger partial charge in [-0.1, -0.05) is 55.0 Å². The first kappa shape index (κ1) is 26.9. The van der Waals surface area contributed by atoms with Gasteiger partial charge in [0.15, 0.2) is 0 Å². The summed E-state index contributed by atoms with van der Waals surface area (Å²) in [7, 11) is -3.49. The Morgan fingerprint density at radius 1 is 0.919 bits per heavy atom. The number of hydrogen-bond acceptors (Lipinski definition) is 4. The summed E-state index contributed by atoms with van der Waals surface area (Å²) in [6.07, 6.45) is 5.04. The molecule has 196 valence electrons. The number of aryl methyl sites for hydroxylation is 2. The smallest absolute Gasteiger partial charge is 0.251 e. The Kier molecular flexibility index (Phi) is 8.67. The molecule has 3 aromatic carbocycles. The highest BCUT2D eigenvalue weighted by Gasteiger charge is 2.20. The zero-order chi connectivity index (χ0) is 26.4. The van der Waals surface area contributed by atoms with Crippen LogP contribution in [0.15, 0.2) is 66.7 Å². The SMILES string of the molecule is Cc1ccc(C)c(N(Cc2ccc(C(=O)NCc3ccccc3CN3CCCCC3)cc2)S(C)(=O)=O)c1. The van der Waals surface area contributed by atoms with E-state index in [2.05, 4.69) is 28.4 Å². The van der Waals surface area contributed by atoms with Gasteiger partial charge in [-0.25, -0.2) is 8.42 Å². The lowest BCUT2D eigenvalue weighted by Gasteiger charge is -2.27. The predicted octanol–water partition coefficient (Wildman–Crippen LogP) is 5.19. The van der Waals surface area contributed by atoms with E-state index in [0.29, 0.717) is 17.8 Å². The van der Waals surface area contributed by atoms with Crippen LogP contribution in [0.4, 0.5) is 5.69 Å². The molecule has 1 fully saturated rings. The molecule has 1 aliphatic heterocycles. The third kappa shape index (κ3) is 7.21. The first-order valence-corrected chi connectivity index (χ1v) is 14.8. The summed E-state index contributed by atoms with van der Waals surface area (Å²) in [5.41, 5.74) is 6.33. The van der Waals surface area contributed by atoms with Crippen LogP contribution >= 0.6 is 0 Å². The fourth-order valence-corrected chi connectivity index (χ4v) is 5.75. The minimum atomic E-state index is -3.49. The van der Waals surface area contributed by atoms with Gasteiger partial charge < -0.3 is 5.32 Å². The van der Waals surface area contributed by atoms with Gasteiger partial charge in [0, 0.05) is 18.7 Å². The standard InChI is InChI=1S/C30H37N3O3S/c1-23-11-12-24(2)29(19-23)33(37(3,35)36)21-25-13-15-26(16-14-25)30(34)31-20-27-9-5-6-10-28(27)22-32-17-7-4-8-18-32/h5-6,9-16,19H,4,7-8,17-18,20-22H2,1-3H3,(H,31,34). The largest absolute Gasteiger partial charge is 0.348 e. The summed E-state index contributed by atoms with van der Waals surface area (Å²) >= 11 is 0. The Morgan fingerprint density at radius 3 is 2.27 bits per heavy atom. The number of likely N-dealkylation sites (tertiary alicyclic amines) is 1. The molecular weight excluding hydrogens is 482 g/mol. The zero-order valence-electron chi connectivity index (χ0n) is 22.0. The second kappa shape index (κ2) is 11.9. The number of piperidine rings is 1. The summed E-state index contributed by atoms with van der Waals surface area (Å²) < 4.78 is 26.6. The maximum Gasteiger partial charge on any atom is 0.251 e. The third-order valence-corrected chi connectivity index (χ3v) is 8.10. The Hall–Kier alpha value is -3.16. The van der Waals surface area contributed by atoms with Crippen molar-refractivity contribution in [3.8, 4) is 0 Å². The number of carbonyl (C=O) groups excluding carboxylic acids is 1. The molecule has 0 saturated carbocycles. The van der Waals surface area contributed by atoms with Gasteiger partial charge in [0.2, 0.25) is 10.0 Å². The van der Waals surface area contributed by atoms with E-state index in [1.54, 1.807) is 12.1 Å². The lowest BCUT2D eigenvalue weighted by atomic mass is 10.0. The molecule has 3 aromatic rings. The molecule has 0 spiro atoms. The van der Waals surface area contributed by atoms with E-state index in [1.807, 2.05) is 50.2 Å². The molecule has 0 unspecified atom stereocenters. The minimum Gasteiger partial charge on any atom is -0.348 e. The maximum atomic E-state index is 12.9. The van der Waals surface area contributed by atoms with Crippen molar-refractivity contribution in [3.05, 3.63) is 100 Å². The van der Waals surface area contributed by atoms with Crippen molar-refractivity contribution in [2.45, 2.75) is 52.7 Å². The van der Waals surface area contributed by atoms with Crippen LogP contribution in [0.25, 0.3) is 0 Å². The molecule has 7 heteroatoms. The number of anilines is 1. The number of hydrogen-bond donors (Lipinski definition) is 1. The van der Waals surface area contributed by atoms with Gasteiger partial charge in [-0.05, 0) is 85.8 Å². The molecule has 4 rings (SSSR count). The maximum absolute atomic E-state index is 12.9. The molecule has 37 heavy (non-hydrogen) atoms. The minimum absolute atomic E-state index is 0.145. The van der Waals surface area contributed by atoms with E-state index >= 15 is 0 Å². The van der Waals surface area contributed by atoms with Crippen molar-refractivity contribution in [1.82, 2.24) is 10.2 Å². The highest BCUT2D eigenvalue weighted by atomic mass is 32.2. The Balaban J connectivity index is 1.41. The van der Waals surface area contributed by atoms with Gasteiger partial charge in [0.1, 0.15) is 0 Å². The molecule has 1 heterocycles. The van der Waals surface area contributed by atoms with E-state index in [-0.39, 0.29) is 12.5 Å². The zero-order valence-corrected chi connectivity index (χ0v) is 22.9. The number of rotatable bonds is 9. The van der Waals surface area contributed by atoms with Crippen LogP contribution in [0, 0.1) is 13.8 Å². The van der Waals surface area contributed by atoms with Gasteiger partial charge in [0.05, 0.1) is 18.5 Å². The van der Waals surface area contributed by atoms with E-state index < -0.39 is 10.0 Å². The molecular formula is C30H37N3O3S. The van der Waals surface area contributed by atoms with Crippen LogP contribution in [0.3, 0.4) is 0 Å². The molecule has 0 bridgehead atoms. The summed E-state index contributed by atoms with van der Waals surface area (Å²) in [5, 5.41) is 3.05. The van der Waals surface area contributed by atoms with Gasteiger partial charge in [0.25, 0.3) is 5.91 Å². The number of nitrogens with one attached hydrogen (secondary N) is 1. The summed E-state index contributed by atoms with van der Waals surface area (Å²) in [6.45, 7) is 7.71. The normalized spacial score (nSPS) is 14.4. The third-order valence-electron chi connectivity index (χ3n) is 6.98. The van der Waals surface area contributed by atoms with Crippen molar-refractivity contribution >= 4 is 21.6 Å². The predicted molar refractivity (Wildman–Crippen MR) is 150 cm³/mol. The molecule has 1 aliphatic rings. The number of nitrogens with zero attached hydrogens (tertiary/aromatic N) is 2. The average molecular weight is 520 g/mol. The molecule has 1 amide bonds. The van der Waals surface area contributed by atoms with E-state index in [1.165, 1.54) is 35.4 Å². The van der Waals surface area contributed by atoms with Gasteiger partial charge in [-0.3, -0.25) is 14.0 Å². The highest BCUT2D eigenvalue weighted by Crippen LogP contribution is 2.26. The molecule has 0 aromatic heterocycles. The quantitative estimate of drug-likeness (QED) is 0.423. The van der Waals surface area contributed by atoms with Crippen LogP contribution in [-0.4, -0.2) is 38.6 Å². The summed E-state index contributed by atoms with van der Waals surface area (Å²) in [6, 6.07) is 21.2. The van der Waals surface area contributed by atoms with E-state index in [0.717, 1.165) is 41.9 Å². The van der Waals surface area contributed by atoms with Crippen LogP contribution < -0.4 is 9.62 Å². The molecule has 6 nitrogen and oxygen atoms in total. The molecule has 0 aliphatic carbocycles. The highest BCUT2D eigenvalue weighted by molar-refractivity contribution is 7.92. The van der Waals surface area contributed by atoms with Crippen molar-refractivity contribution < 1.29 is 13.2 Å². The molecule has 1 N–H and O–H groups in total. The molecule has 0 radical (unpaired) electrons. The number of amides is 1.